The maximum atomic E-state index is 3.47. The summed E-state index contributed by atoms with van der Waals surface area (Å²) >= 11 is 0. The zero-order valence-corrected chi connectivity index (χ0v) is 12.5. The van der Waals surface area contributed by atoms with Crippen LogP contribution in [0.25, 0.3) is 0 Å². The van der Waals surface area contributed by atoms with Crippen LogP contribution in [0, 0.1) is 5.92 Å². The summed E-state index contributed by atoms with van der Waals surface area (Å²) < 4.78 is 0. The molecule has 0 heterocycles. The van der Waals surface area contributed by atoms with Crippen LogP contribution in [0.2, 0.25) is 0 Å². The molecule has 0 amide bonds. The molecular weight excluding hydrogens is 220 g/mol. The monoisotopic (exact) mass is 248 g/mol. The standard InChI is InChI=1S/C16H28N2/c1-13(2)10-17-11-15-6-8-16(9-7-15)12-18(5)14(3)4/h6-9,13-14,17H,10-12H2,1-5H3. The Hall–Kier alpha value is -0.860. The lowest BCUT2D eigenvalue weighted by Crippen LogP contribution is -2.25. The predicted octanol–water partition coefficient (Wildman–Crippen LogP) is 3.27. The van der Waals surface area contributed by atoms with Gasteiger partial charge in [-0.15, -0.1) is 0 Å². The molecule has 1 rings (SSSR count). The minimum absolute atomic E-state index is 0.595. The molecule has 102 valence electrons. The smallest absolute Gasteiger partial charge is 0.0233 e. The number of benzene rings is 1. The number of rotatable bonds is 7. The lowest BCUT2D eigenvalue weighted by molar-refractivity contribution is 0.266. The minimum atomic E-state index is 0.595. The Morgan fingerprint density at radius 1 is 1.00 bits per heavy atom. The Morgan fingerprint density at radius 2 is 1.56 bits per heavy atom. The Kier molecular flexibility index (Phi) is 6.37. The third kappa shape index (κ3) is 5.65. The molecule has 0 bridgehead atoms. The molecule has 1 aromatic rings. The van der Waals surface area contributed by atoms with Gasteiger partial charge in [0.05, 0.1) is 0 Å². The summed E-state index contributed by atoms with van der Waals surface area (Å²) in [5.41, 5.74) is 2.76. The molecule has 0 aromatic heterocycles. The van der Waals surface area contributed by atoms with Crippen molar-refractivity contribution in [1.82, 2.24) is 10.2 Å². The van der Waals surface area contributed by atoms with Gasteiger partial charge < -0.3 is 5.32 Å². The maximum absolute atomic E-state index is 3.47. The molecule has 0 saturated carbocycles. The van der Waals surface area contributed by atoms with Crippen molar-refractivity contribution in [3.63, 3.8) is 0 Å². The predicted molar refractivity (Wildman–Crippen MR) is 79.6 cm³/mol. The topological polar surface area (TPSA) is 15.3 Å². The quantitative estimate of drug-likeness (QED) is 0.796. The summed E-state index contributed by atoms with van der Waals surface area (Å²) in [5.74, 6) is 0.712. The van der Waals surface area contributed by atoms with E-state index >= 15 is 0 Å². The fourth-order valence-corrected chi connectivity index (χ4v) is 1.74. The molecule has 0 spiro atoms. The van der Waals surface area contributed by atoms with Gasteiger partial charge in [-0.05, 0) is 44.5 Å². The third-order valence-corrected chi connectivity index (χ3v) is 3.22. The second kappa shape index (κ2) is 7.55. The van der Waals surface area contributed by atoms with Crippen molar-refractivity contribution >= 4 is 0 Å². The molecule has 0 aliphatic carbocycles. The number of hydrogen-bond donors (Lipinski definition) is 1. The van der Waals surface area contributed by atoms with Crippen LogP contribution < -0.4 is 5.32 Å². The highest BCUT2D eigenvalue weighted by atomic mass is 15.1. The molecule has 1 N–H and O–H groups in total. The van der Waals surface area contributed by atoms with E-state index < -0.39 is 0 Å². The van der Waals surface area contributed by atoms with E-state index in [1.807, 2.05) is 0 Å². The molecule has 0 aliphatic rings. The number of nitrogens with one attached hydrogen (secondary N) is 1. The number of nitrogens with zero attached hydrogens (tertiary/aromatic N) is 1. The lowest BCUT2D eigenvalue weighted by atomic mass is 10.1. The normalized spacial score (nSPS) is 11.8. The van der Waals surface area contributed by atoms with Crippen molar-refractivity contribution in [2.24, 2.45) is 5.92 Å². The van der Waals surface area contributed by atoms with E-state index in [2.05, 4.69) is 69.2 Å². The van der Waals surface area contributed by atoms with Crippen molar-refractivity contribution in [3.8, 4) is 0 Å². The second-order valence-electron chi connectivity index (χ2n) is 5.85. The highest BCUT2D eigenvalue weighted by Gasteiger charge is 2.04. The Balaban J connectivity index is 2.42. The summed E-state index contributed by atoms with van der Waals surface area (Å²) in [6, 6.07) is 9.54. The fourth-order valence-electron chi connectivity index (χ4n) is 1.74. The third-order valence-electron chi connectivity index (χ3n) is 3.22. The molecule has 2 heteroatoms. The SMILES string of the molecule is CC(C)CNCc1ccc(CN(C)C(C)C)cc1. The van der Waals surface area contributed by atoms with Gasteiger partial charge in [0.2, 0.25) is 0 Å². The van der Waals surface area contributed by atoms with E-state index in [0.29, 0.717) is 12.0 Å². The van der Waals surface area contributed by atoms with E-state index in [4.69, 9.17) is 0 Å². The Bertz CT molecular complexity index is 327. The van der Waals surface area contributed by atoms with E-state index in [9.17, 15) is 0 Å². The molecule has 2 nitrogen and oxygen atoms in total. The highest BCUT2D eigenvalue weighted by Crippen LogP contribution is 2.08. The maximum Gasteiger partial charge on any atom is 0.0233 e. The average Bonchev–Trinajstić information content (AvgIpc) is 2.30. The highest BCUT2D eigenvalue weighted by molar-refractivity contribution is 5.22. The average molecular weight is 248 g/mol. The zero-order chi connectivity index (χ0) is 13.5. The van der Waals surface area contributed by atoms with Gasteiger partial charge >= 0.3 is 0 Å². The molecule has 0 fully saturated rings. The van der Waals surface area contributed by atoms with E-state index in [1.165, 1.54) is 11.1 Å². The zero-order valence-electron chi connectivity index (χ0n) is 12.5. The summed E-state index contributed by atoms with van der Waals surface area (Å²) in [5, 5.41) is 3.47. The van der Waals surface area contributed by atoms with E-state index in [0.717, 1.165) is 19.6 Å². The number of hydrogen-bond acceptors (Lipinski definition) is 2. The van der Waals surface area contributed by atoms with Crippen molar-refractivity contribution in [1.29, 1.82) is 0 Å². The summed E-state index contributed by atoms with van der Waals surface area (Å²) in [6.07, 6.45) is 0. The Labute approximate surface area is 112 Å². The molecule has 0 radical (unpaired) electrons. The lowest BCUT2D eigenvalue weighted by Gasteiger charge is -2.21. The summed E-state index contributed by atoms with van der Waals surface area (Å²) in [6.45, 7) is 12.0. The fraction of sp³-hybridized carbons (Fsp3) is 0.625. The largest absolute Gasteiger partial charge is 0.312 e. The molecule has 1 aromatic carbocycles. The first-order valence-electron chi connectivity index (χ1n) is 6.97. The van der Waals surface area contributed by atoms with Gasteiger partial charge in [-0.25, -0.2) is 0 Å². The van der Waals surface area contributed by atoms with Crippen LogP contribution in [0.15, 0.2) is 24.3 Å². The van der Waals surface area contributed by atoms with Crippen LogP contribution in [0.5, 0.6) is 0 Å². The first kappa shape index (κ1) is 15.2. The van der Waals surface area contributed by atoms with Gasteiger partial charge in [0.25, 0.3) is 0 Å². The van der Waals surface area contributed by atoms with Crippen molar-refractivity contribution in [2.45, 2.75) is 46.8 Å². The van der Waals surface area contributed by atoms with Gasteiger partial charge in [-0.2, -0.15) is 0 Å². The molecule has 0 saturated heterocycles. The van der Waals surface area contributed by atoms with E-state index in [1.54, 1.807) is 0 Å². The van der Waals surface area contributed by atoms with Crippen LogP contribution in [0.4, 0.5) is 0 Å². The van der Waals surface area contributed by atoms with Gasteiger partial charge in [0, 0.05) is 19.1 Å². The molecule has 18 heavy (non-hydrogen) atoms. The molecule has 0 aliphatic heterocycles. The second-order valence-corrected chi connectivity index (χ2v) is 5.85. The summed E-state index contributed by atoms with van der Waals surface area (Å²) in [7, 11) is 2.17. The van der Waals surface area contributed by atoms with Crippen LogP contribution in [-0.4, -0.2) is 24.5 Å². The van der Waals surface area contributed by atoms with Gasteiger partial charge in [-0.1, -0.05) is 38.1 Å². The first-order chi connectivity index (χ1) is 8.49. The van der Waals surface area contributed by atoms with Crippen LogP contribution in [0.1, 0.15) is 38.8 Å². The van der Waals surface area contributed by atoms with E-state index in [-0.39, 0.29) is 0 Å². The first-order valence-corrected chi connectivity index (χ1v) is 6.97. The Morgan fingerprint density at radius 3 is 2.06 bits per heavy atom. The van der Waals surface area contributed by atoms with Crippen LogP contribution in [0.3, 0.4) is 0 Å². The van der Waals surface area contributed by atoms with Crippen molar-refractivity contribution in [2.75, 3.05) is 13.6 Å². The summed E-state index contributed by atoms with van der Waals surface area (Å²) in [4.78, 5) is 2.35. The molecule has 0 unspecified atom stereocenters. The van der Waals surface area contributed by atoms with Gasteiger partial charge in [-0.3, -0.25) is 4.90 Å². The van der Waals surface area contributed by atoms with Gasteiger partial charge in [0.15, 0.2) is 0 Å². The van der Waals surface area contributed by atoms with Crippen molar-refractivity contribution in [3.05, 3.63) is 35.4 Å². The van der Waals surface area contributed by atoms with Crippen LogP contribution in [-0.2, 0) is 13.1 Å². The van der Waals surface area contributed by atoms with Crippen molar-refractivity contribution < 1.29 is 0 Å². The van der Waals surface area contributed by atoms with Crippen LogP contribution >= 0.6 is 0 Å². The van der Waals surface area contributed by atoms with Gasteiger partial charge in [0.1, 0.15) is 0 Å². The molecular formula is C16H28N2. The minimum Gasteiger partial charge on any atom is -0.312 e. The molecule has 0 atom stereocenters.